The minimum absolute atomic E-state index is 0.0486. The highest BCUT2D eigenvalue weighted by molar-refractivity contribution is 7.80. The zero-order valence-electron chi connectivity index (χ0n) is 18.3. The molecule has 0 bridgehead atoms. The molecule has 7 heteroatoms. The number of carbonyl (C=O) groups excluding carboxylic acids is 1. The van der Waals surface area contributed by atoms with Crippen LogP contribution in [0, 0.1) is 0 Å². The van der Waals surface area contributed by atoms with E-state index in [-0.39, 0.29) is 12.6 Å². The maximum atomic E-state index is 11.4. The fourth-order valence-corrected chi connectivity index (χ4v) is 3.26. The molecular weight excluding hydrogens is 392 g/mol. The Balaban J connectivity index is 3.22. The van der Waals surface area contributed by atoms with Crippen LogP contribution >= 0.6 is 0 Å². The number of carbonyl (C=O) groups is 1. The molecule has 0 amide bonds. The van der Waals surface area contributed by atoms with Crippen molar-refractivity contribution < 1.29 is 26.7 Å². The van der Waals surface area contributed by atoms with E-state index in [0.29, 0.717) is 19.4 Å². The largest absolute Gasteiger partial charge is 0.466 e. The van der Waals surface area contributed by atoms with Crippen LogP contribution in [0.1, 0.15) is 110 Å². The fourth-order valence-electron chi connectivity index (χ4n) is 2.94. The van der Waals surface area contributed by atoms with Crippen molar-refractivity contribution in [2.24, 2.45) is 0 Å². The summed E-state index contributed by atoms with van der Waals surface area (Å²) in [5, 5.41) is 0. The molecule has 172 valence electrons. The number of allylic oxidation sites excluding steroid dienone is 2. The Labute approximate surface area is 178 Å². The highest BCUT2D eigenvalue weighted by Gasteiger charge is 2.03. The topological polar surface area (TPSA) is 89.9 Å². The summed E-state index contributed by atoms with van der Waals surface area (Å²) in [6.45, 7) is 2.72. The highest BCUT2D eigenvalue weighted by Crippen LogP contribution is 2.10. The molecule has 0 saturated carbocycles. The maximum Gasteiger partial charge on any atom is 0.397 e. The van der Waals surface area contributed by atoms with Gasteiger partial charge in [0, 0.05) is 6.42 Å². The van der Waals surface area contributed by atoms with Gasteiger partial charge in [-0.1, -0.05) is 70.4 Å². The summed E-state index contributed by atoms with van der Waals surface area (Å²) < 4.78 is 38.6. The number of hydrogen-bond acceptors (Lipinski definition) is 5. The molecule has 0 aliphatic carbocycles. The smallest absolute Gasteiger partial charge is 0.397 e. The van der Waals surface area contributed by atoms with Crippen LogP contribution in [0.4, 0.5) is 0 Å². The third kappa shape index (κ3) is 25.0. The van der Waals surface area contributed by atoms with Gasteiger partial charge in [-0.05, 0) is 44.9 Å². The predicted molar refractivity (Wildman–Crippen MR) is 117 cm³/mol. The van der Waals surface area contributed by atoms with Gasteiger partial charge in [0.05, 0.1) is 13.2 Å². The van der Waals surface area contributed by atoms with Gasteiger partial charge in [-0.3, -0.25) is 9.35 Å². The Morgan fingerprint density at radius 1 is 0.759 bits per heavy atom. The zero-order chi connectivity index (χ0) is 21.6. The molecule has 0 aromatic rings. The molecule has 0 fully saturated rings. The molecule has 0 radical (unpaired) electrons. The van der Waals surface area contributed by atoms with E-state index in [1.807, 2.05) is 0 Å². The first-order valence-electron chi connectivity index (χ1n) is 11.4. The van der Waals surface area contributed by atoms with Crippen molar-refractivity contribution in [3.05, 3.63) is 12.2 Å². The number of ether oxygens (including phenoxy) is 1. The maximum absolute atomic E-state index is 11.4. The van der Waals surface area contributed by atoms with Gasteiger partial charge in [0.2, 0.25) is 0 Å². The molecule has 0 aromatic carbocycles. The van der Waals surface area contributed by atoms with E-state index in [2.05, 4.69) is 23.3 Å². The van der Waals surface area contributed by atoms with Crippen LogP contribution in [0.15, 0.2) is 12.2 Å². The van der Waals surface area contributed by atoms with Crippen LogP contribution in [0.3, 0.4) is 0 Å². The Morgan fingerprint density at radius 3 is 1.83 bits per heavy atom. The first-order valence-corrected chi connectivity index (χ1v) is 12.7. The normalized spacial score (nSPS) is 11.9. The SMILES string of the molecule is CCCCOC(=O)CCCCCCC/C=C/CCCCCCCCOS(=O)(=O)O. The minimum atomic E-state index is -4.28. The van der Waals surface area contributed by atoms with Gasteiger partial charge in [-0.25, -0.2) is 4.18 Å². The molecule has 0 atom stereocenters. The summed E-state index contributed by atoms with van der Waals surface area (Å²) in [4.78, 5) is 11.4. The first-order chi connectivity index (χ1) is 14.0. The van der Waals surface area contributed by atoms with E-state index in [4.69, 9.17) is 9.29 Å². The van der Waals surface area contributed by atoms with Crippen molar-refractivity contribution >= 4 is 16.4 Å². The van der Waals surface area contributed by atoms with E-state index in [1.54, 1.807) is 0 Å². The van der Waals surface area contributed by atoms with Gasteiger partial charge in [-0.15, -0.1) is 0 Å². The van der Waals surface area contributed by atoms with Gasteiger partial charge in [0.25, 0.3) is 0 Å². The quantitative estimate of drug-likeness (QED) is 0.101. The molecule has 29 heavy (non-hydrogen) atoms. The lowest BCUT2D eigenvalue weighted by atomic mass is 10.1. The van der Waals surface area contributed by atoms with Gasteiger partial charge < -0.3 is 4.74 Å². The van der Waals surface area contributed by atoms with Crippen LogP contribution in [-0.4, -0.2) is 32.2 Å². The summed E-state index contributed by atoms with van der Waals surface area (Å²) in [6, 6.07) is 0. The van der Waals surface area contributed by atoms with Gasteiger partial charge in [-0.2, -0.15) is 8.42 Å². The molecule has 0 heterocycles. The molecule has 0 rings (SSSR count). The number of esters is 1. The number of hydrogen-bond donors (Lipinski definition) is 1. The monoisotopic (exact) mass is 434 g/mol. The lowest BCUT2D eigenvalue weighted by Gasteiger charge is -2.03. The second-order valence-electron chi connectivity index (χ2n) is 7.51. The van der Waals surface area contributed by atoms with E-state index in [9.17, 15) is 13.2 Å². The summed E-state index contributed by atoms with van der Waals surface area (Å²) in [5.74, 6) is -0.0486. The van der Waals surface area contributed by atoms with Gasteiger partial charge in [0.15, 0.2) is 0 Å². The van der Waals surface area contributed by atoms with E-state index in [0.717, 1.165) is 57.8 Å². The highest BCUT2D eigenvalue weighted by atomic mass is 32.3. The molecule has 0 unspecified atom stereocenters. The van der Waals surface area contributed by atoms with Crippen LogP contribution in [0.25, 0.3) is 0 Å². The molecule has 0 aliphatic heterocycles. The Kier molecular flexibility index (Phi) is 19.7. The third-order valence-corrected chi connectivity index (χ3v) is 5.14. The average Bonchev–Trinajstić information content (AvgIpc) is 2.66. The number of unbranched alkanes of at least 4 members (excludes halogenated alkanes) is 12. The molecular formula is C22H42O6S. The lowest BCUT2D eigenvalue weighted by Crippen LogP contribution is -2.05. The molecule has 6 nitrogen and oxygen atoms in total. The average molecular weight is 435 g/mol. The van der Waals surface area contributed by atoms with Crippen LogP contribution in [0.5, 0.6) is 0 Å². The molecule has 0 saturated heterocycles. The standard InChI is InChI=1S/C22H42O6S/c1-2-3-20-27-22(23)19-17-15-13-11-9-7-5-4-6-8-10-12-14-16-18-21-28-29(24,25)26/h4-5H,2-3,6-21H2,1H3,(H,24,25,26)/b5-4+. The predicted octanol–water partition coefficient (Wildman–Crippen LogP) is 6.17. The van der Waals surface area contributed by atoms with Gasteiger partial charge in [0.1, 0.15) is 0 Å². The van der Waals surface area contributed by atoms with E-state index >= 15 is 0 Å². The van der Waals surface area contributed by atoms with Crippen molar-refractivity contribution in [2.45, 2.75) is 110 Å². The lowest BCUT2D eigenvalue weighted by molar-refractivity contribution is -0.143. The third-order valence-electron chi connectivity index (χ3n) is 4.68. The zero-order valence-corrected chi connectivity index (χ0v) is 19.1. The van der Waals surface area contributed by atoms with Crippen molar-refractivity contribution in [1.82, 2.24) is 0 Å². The van der Waals surface area contributed by atoms with Gasteiger partial charge >= 0.3 is 16.4 Å². The van der Waals surface area contributed by atoms with Crippen molar-refractivity contribution in [3.8, 4) is 0 Å². The summed E-state index contributed by atoms with van der Waals surface area (Å²) >= 11 is 0. The first kappa shape index (κ1) is 28.1. The van der Waals surface area contributed by atoms with Crippen LogP contribution < -0.4 is 0 Å². The fraction of sp³-hybridized carbons (Fsp3) is 0.864. The molecule has 0 spiro atoms. The van der Waals surface area contributed by atoms with E-state index < -0.39 is 10.4 Å². The van der Waals surface area contributed by atoms with E-state index in [1.165, 1.54) is 32.1 Å². The summed E-state index contributed by atoms with van der Waals surface area (Å²) in [7, 11) is -4.28. The second kappa shape index (κ2) is 20.4. The summed E-state index contributed by atoms with van der Waals surface area (Å²) in [5.41, 5.74) is 0. The van der Waals surface area contributed by atoms with Crippen LogP contribution in [0.2, 0.25) is 0 Å². The molecule has 0 aromatic heterocycles. The minimum Gasteiger partial charge on any atom is -0.466 e. The summed E-state index contributed by atoms with van der Waals surface area (Å²) in [6.07, 6.45) is 21.2. The second-order valence-corrected chi connectivity index (χ2v) is 8.60. The van der Waals surface area contributed by atoms with Crippen LogP contribution in [-0.2, 0) is 24.1 Å². The Morgan fingerprint density at radius 2 is 1.28 bits per heavy atom. The Bertz CT molecular complexity index is 501. The number of rotatable bonds is 21. The van der Waals surface area contributed by atoms with Crippen molar-refractivity contribution in [3.63, 3.8) is 0 Å². The molecule has 0 aliphatic rings. The Hall–Kier alpha value is -0.920. The molecule has 1 N–H and O–H groups in total. The van der Waals surface area contributed by atoms with Crippen molar-refractivity contribution in [2.75, 3.05) is 13.2 Å². The van der Waals surface area contributed by atoms with Crippen molar-refractivity contribution in [1.29, 1.82) is 0 Å².